The van der Waals surface area contributed by atoms with Crippen molar-refractivity contribution in [1.29, 1.82) is 0 Å². The maximum Gasteiger partial charge on any atom is 0.294 e. The summed E-state index contributed by atoms with van der Waals surface area (Å²) in [4.78, 5) is 17.0. The van der Waals surface area contributed by atoms with Crippen LogP contribution in [0.25, 0.3) is 11.1 Å². The lowest BCUT2D eigenvalue weighted by molar-refractivity contribution is -0.116. The van der Waals surface area contributed by atoms with Gasteiger partial charge in [0.25, 0.3) is 5.91 Å². The van der Waals surface area contributed by atoms with Gasteiger partial charge in [0.15, 0.2) is 17.3 Å². The lowest BCUT2D eigenvalue weighted by Crippen LogP contribution is -2.27. The van der Waals surface area contributed by atoms with Gasteiger partial charge in [0, 0.05) is 37.9 Å². The molecule has 1 amide bonds. The van der Waals surface area contributed by atoms with Gasteiger partial charge in [-0.25, -0.2) is 0 Å². The van der Waals surface area contributed by atoms with Crippen molar-refractivity contribution in [2.75, 3.05) is 44.8 Å². The smallest absolute Gasteiger partial charge is 0.294 e. The van der Waals surface area contributed by atoms with Gasteiger partial charge in [-0.15, -0.1) is 0 Å². The fraction of sp³-hybridized carbons (Fsp3) is 0.207. The maximum atomic E-state index is 13.1. The molecule has 0 fully saturated rings. The molecule has 0 unspecified atom stereocenters. The van der Waals surface area contributed by atoms with Crippen LogP contribution in [0.2, 0.25) is 0 Å². The van der Waals surface area contributed by atoms with Crippen LogP contribution in [0, 0.1) is 0 Å². The van der Waals surface area contributed by atoms with E-state index in [1.54, 1.807) is 18.1 Å². The zero-order valence-electron chi connectivity index (χ0n) is 19.7. The Bertz CT molecular complexity index is 1230. The first-order valence-corrected chi connectivity index (χ1v) is 11.7. The standard InChI is InChI=1S/C29H28N2O4/c1-33-28-21-24(11-14-26(28)34-20-19-30-16-5-6-17-30)31-18-15-27(29(31)32)35-25-12-9-23(10-13-25)22-7-3-2-4-8-22/h2-15,21H,16-20H2,1H3. The van der Waals surface area contributed by atoms with Crippen LogP contribution in [0.15, 0.2) is 96.8 Å². The van der Waals surface area contributed by atoms with Gasteiger partial charge in [-0.05, 0) is 41.5 Å². The molecular weight excluding hydrogens is 440 g/mol. The van der Waals surface area contributed by atoms with Crippen molar-refractivity contribution < 1.29 is 19.0 Å². The summed E-state index contributed by atoms with van der Waals surface area (Å²) in [6.07, 6.45) is 6.12. The predicted octanol–water partition coefficient (Wildman–Crippen LogP) is 4.92. The molecule has 35 heavy (non-hydrogen) atoms. The lowest BCUT2D eigenvalue weighted by atomic mass is 10.1. The van der Waals surface area contributed by atoms with E-state index in [9.17, 15) is 4.79 Å². The molecule has 0 bridgehead atoms. The van der Waals surface area contributed by atoms with E-state index in [1.807, 2.05) is 60.7 Å². The van der Waals surface area contributed by atoms with Gasteiger partial charge in [-0.2, -0.15) is 0 Å². The Kier molecular flexibility index (Phi) is 6.82. The Morgan fingerprint density at radius 2 is 1.57 bits per heavy atom. The highest BCUT2D eigenvalue weighted by Gasteiger charge is 2.28. The lowest BCUT2D eigenvalue weighted by Gasteiger charge is -2.20. The average Bonchev–Trinajstić information content (AvgIpc) is 3.55. The number of ether oxygens (including phenoxy) is 3. The first-order chi connectivity index (χ1) is 17.2. The SMILES string of the molecule is COc1cc(N2CC=C(Oc3ccc(-c4ccccc4)cc3)C2=O)ccc1OCCN1CC=CC1. The zero-order valence-corrected chi connectivity index (χ0v) is 19.7. The molecule has 2 aliphatic heterocycles. The summed E-state index contributed by atoms with van der Waals surface area (Å²) in [5.74, 6) is 2.02. The highest BCUT2D eigenvalue weighted by atomic mass is 16.5. The molecule has 178 valence electrons. The van der Waals surface area contributed by atoms with Crippen molar-refractivity contribution in [3.63, 3.8) is 0 Å². The molecule has 0 radical (unpaired) electrons. The van der Waals surface area contributed by atoms with Gasteiger partial charge in [-0.1, -0.05) is 54.6 Å². The number of carbonyl (C=O) groups excluding carboxylic acids is 1. The molecule has 0 saturated carbocycles. The van der Waals surface area contributed by atoms with Crippen molar-refractivity contribution in [2.45, 2.75) is 0 Å². The summed E-state index contributed by atoms with van der Waals surface area (Å²) in [5.41, 5.74) is 2.96. The molecule has 6 nitrogen and oxygen atoms in total. The first-order valence-electron chi connectivity index (χ1n) is 11.7. The highest BCUT2D eigenvalue weighted by molar-refractivity contribution is 6.07. The van der Waals surface area contributed by atoms with Gasteiger partial charge < -0.3 is 19.1 Å². The molecule has 5 rings (SSSR count). The van der Waals surface area contributed by atoms with E-state index in [2.05, 4.69) is 29.2 Å². The molecule has 2 heterocycles. The van der Waals surface area contributed by atoms with Crippen LogP contribution in [0.3, 0.4) is 0 Å². The normalized spacial score (nSPS) is 15.4. The number of hydrogen-bond acceptors (Lipinski definition) is 5. The molecule has 0 aliphatic carbocycles. The fourth-order valence-electron chi connectivity index (χ4n) is 4.19. The maximum absolute atomic E-state index is 13.1. The third-order valence-electron chi connectivity index (χ3n) is 6.12. The van der Waals surface area contributed by atoms with E-state index in [0.29, 0.717) is 36.2 Å². The Labute approximate surface area is 205 Å². The Hall–Kier alpha value is -4.03. The molecule has 2 aliphatic rings. The second-order valence-electron chi connectivity index (χ2n) is 8.39. The fourth-order valence-corrected chi connectivity index (χ4v) is 4.19. The van der Waals surface area contributed by atoms with E-state index in [0.717, 1.165) is 36.4 Å². The number of nitrogens with zero attached hydrogens (tertiary/aromatic N) is 2. The van der Waals surface area contributed by atoms with E-state index >= 15 is 0 Å². The number of rotatable bonds is 9. The zero-order chi connectivity index (χ0) is 24.0. The van der Waals surface area contributed by atoms with Crippen molar-refractivity contribution in [3.8, 4) is 28.4 Å². The number of anilines is 1. The summed E-state index contributed by atoms with van der Waals surface area (Å²) < 4.78 is 17.4. The van der Waals surface area contributed by atoms with Crippen LogP contribution in [0.4, 0.5) is 5.69 Å². The minimum atomic E-state index is -0.186. The third-order valence-corrected chi connectivity index (χ3v) is 6.12. The summed E-state index contributed by atoms with van der Waals surface area (Å²) in [5, 5.41) is 0. The molecule has 6 heteroatoms. The second-order valence-corrected chi connectivity index (χ2v) is 8.39. The number of carbonyl (C=O) groups is 1. The average molecular weight is 469 g/mol. The van der Waals surface area contributed by atoms with Crippen LogP contribution < -0.4 is 19.1 Å². The van der Waals surface area contributed by atoms with Gasteiger partial charge in [0.2, 0.25) is 0 Å². The van der Waals surface area contributed by atoms with E-state index in [1.165, 1.54) is 0 Å². The van der Waals surface area contributed by atoms with Crippen LogP contribution >= 0.6 is 0 Å². The Morgan fingerprint density at radius 3 is 2.31 bits per heavy atom. The number of amides is 1. The number of benzene rings is 3. The van der Waals surface area contributed by atoms with Gasteiger partial charge >= 0.3 is 0 Å². The van der Waals surface area contributed by atoms with Gasteiger partial charge in [-0.3, -0.25) is 9.69 Å². The first kappa shape index (κ1) is 22.7. The van der Waals surface area contributed by atoms with E-state index < -0.39 is 0 Å². The summed E-state index contributed by atoms with van der Waals surface area (Å²) in [7, 11) is 1.61. The van der Waals surface area contributed by atoms with Crippen molar-refractivity contribution in [3.05, 3.63) is 96.8 Å². The topological polar surface area (TPSA) is 51.2 Å². The van der Waals surface area contributed by atoms with E-state index in [-0.39, 0.29) is 5.91 Å². The van der Waals surface area contributed by atoms with Crippen LogP contribution in [-0.4, -0.2) is 50.7 Å². The van der Waals surface area contributed by atoms with Crippen LogP contribution in [-0.2, 0) is 4.79 Å². The predicted molar refractivity (Wildman–Crippen MR) is 137 cm³/mol. The quantitative estimate of drug-likeness (QED) is 0.417. The molecule has 0 atom stereocenters. The number of methoxy groups -OCH3 is 1. The third kappa shape index (κ3) is 5.23. The Balaban J connectivity index is 1.20. The minimum absolute atomic E-state index is 0.186. The number of hydrogen-bond donors (Lipinski definition) is 0. The summed E-state index contributed by atoms with van der Waals surface area (Å²) in [6.45, 7) is 3.78. The molecule has 0 spiro atoms. The molecule has 0 N–H and O–H groups in total. The van der Waals surface area contributed by atoms with Crippen molar-refractivity contribution in [2.24, 2.45) is 0 Å². The van der Waals surface area contributed by atoms with Crippen molar-refractivity contribution >= 4 is 11.6 Å². The van der Waals surface area contributed by atoms with Gasteiger partial charge in [0.05, 0.1) is 7.11 Å². The molecule has 0 aromatic heterocycles. The van der Waals surface area contributed by atoms with Crippen molar-refractivity contribution in [1.82, 2.24) is 4.90 Å². The Morgan fingerprint density at radius 1 is 0.829 bits per heavy atom. The van der Waals surface area contributed by atoms with Crippen LogP contribution in [0.1, 0.15) is 0 Å². The molecule has 3 aromatic rings. The van der Waals surface area contributed by atoms with E-state index in [4.69, 9.17) is 14.2 Å². The molecular formula is C29H28N2O4. The van der Waals surface area contributed by atoms with Gasteiger partial charge in [0.1, 0.15) is 12.4 Å². The molecule has 0 saturated heterocycles. The summed E-state index contributed by atoms with van der Waals surface area (Å²) in [6, 6.07) is 23.4. The largest absolute Gasteiger partial charge is 0.493 e. The minimum Gasteiger partial charge on any atom is -0.493 e. The highest BCUT2D eigenvalue weighted by Crippen LogP contribution is 2.34. The summed E-state index contributed by atoms with van der Waals surface area (Å²) >= 11 is 0. The second kappa shape index (κ2) is 10.5. The molecule has 3 aromatic carbocycles. The monoisotopic (exact) mass is 468 g/mol. The van der Waals surface area contributed by atoms with Crippen LogP contribution in [0.5, 0.6) is 17.2 Å².